The molecule has 7 heteroatoms. The van der Waals surface area contributed by atoms with Crippen LogP contribution < -0.4 is 10.1 Å². The number of amidine groups is 1. The number of hydrogen-bond donors (Lipinski definition) is 1. The van der Waals surface area contributed by atoms with Gasteiger partial charge in [-0.3, -0.25) is 9.98 Å². The highest BCUT2D eigenvalue weighted by molar-refractivity contribution is 6.10. The third-order valence-corrected chi connectivity index (χ3v) is 4.80. The number of pyridine rings is 2. The first-order chi connectivity index (χ1) is 13.9. The van der Waals surface area contributed by atoms with Crippen LogP contribution in [0.25, 0.3) is 10.8 Å². The van der Waals surface area contributed by atoms with E-state index >= 15 is 0 Å². The Balaban J connectivity index is 1.34. The summed E-state index contributed by atoms with van der Waals surface area (Å²) in [7, 11) is 0. The number of fused-ring (bicyclic) bond motifs is 2. The summed E-state index contributed by atoms with van der Waals surface area (Å²) >= 11 is 0. The molecule has 2 aliphatic rings. The maximum Gasteiger partial charge on any atom is 0.221 e. The summed E-state index contributed by atoms with van der Waals surface area (Å²) < 4.78 is 16.9. The molecule has 7 nitrogen and oxygen atoms in total. The maximum absolute atomic E-state index is 5.91. The van der Waals surface area contributed by atoms with Gasteiger partial charge in [0, 0.05) is 29.0 Å². The zero-order valence-corrected chi connectivity index (χ0v) is 15.3. The first-order valence-corrected chi connectivity index (χ1v) is 9.33. The maximum atomic E-state index is 5.91. The smallest absolute Gasteiger partial charge is 0.221 e. The van der Waals surface area contributed by atoms with Crippen LogP contribution in [0.5, 0.6) is 5.88 Å². The molecule has 0 spiro atoms. The highest BCUT2D eigenvalue weighted by atomic mass is 16.6. The van der Waals surface area contributed by atoms with E-state index in [1.165, 1.54) is 0 Å². The molecule has 2 aliphatic heterocycles. The largest absolute Gasteiger partial charge is 0.474 e. The molecule has 1 N–H and O–H groups in total. The standard InChI is InChI=1S/C21H20N4O3/c1-2-15-11-24-20(19(15)22-6-1)25-16-3-4-18-14(10-16)5-7-23-21(18)28-13-17-12-26-8-9-27-17/h1-7,10,17H,8-9,11-13H2,(H,24,25). The highest BCUT2D eigenvalue weighted by Gasteiger charge is 2.18. The van der Waals surface area contributed by atoms with Crippen molar-refractivity contribution in [2.75, 3.05) is 31.7 Å². The van der Waals surface area contributed by atoms with Gasteiger partial charge in [0.2, 0.25) is 5.88 Å². The zero-order chi connectivity index (χ0) is 18.8. The number of aliphatic imine (C=N–C) groups is 1. The van der Waals surface area contributed by atoms with Gasteiger partial charge in [-0.2, -0.15) is 0 Å². The van der Waals surface area contributed by atoms with E-state index < -0.39 is 0 Å². The summed E-state index contributed by atoms with van der Waals surface area (Å²) in [5, 5.41) is 5.37. The fraction of sp³-hybridized carbons (Fsp3) is 0.286. The molecule has 4 heterocycles. The lowest BCUT2D eigenvalue weighted by Crippen LogP contribution is -2.33. The zero-order valence-electron chi connectivity index (χ0n) is 15.3. The molecular formula is C21H20N4O3. The lowest BCUT2D eigenvalue weighted by Gasteiger charge is -2.22. The fourth-order valence-corrected chi connectivity index (χ4v) is 3.40. The second kappa shape index (κ2) is 7.53. The van der Waals surface area contributed by atoms with Crippen molar-refractivity contribution < 1.29 is 14.2 Å². The number of hydrogen-bond acceptors (Lipinski definition) is 7. The Labute approximate surface area is 162 Å². The van der Waals surface area contributed by atoms with Crippen molar-refractivity contribution in [1.29, 1.82) is 0 Å². The van der Waals surface area contributed by atoms with Crippen LogP contribution in [0.15, 0.2) is 53.8 Å². The number of benzene rings is 1. The Hall–Kier alpha value is -3.03. The van der Waals surface area contributed by atoms with Crippen LogP contribution in [-0.2, 0) is 16.0 Å². The molecule has 0 radical (unpaired) electrons. The number of nitrogens with one attached hydrogen (secondary N) is 1. The molecule has 2 aromatic heterocycles. The predicted molar refractivity (Wildman–Crippen MR) is 106 cm³/mol. The van der Waals surface area contributed by atoms with Gasteiger partial charge in [-0.15, -0.1) is 0 Å². The Morgan fingerprint density at radius 2 is 2.11 bits per heavy atom. The number of rotatable bonds is 4. The minimum atomic E-state index is -0.0558. The molecule has 0 amide bonds. The second-order valence-corrected chi connectivity index (χ2v) is 6.73. The average molecular weight is 376 g/mol. The second-order valence-electron chi connectivity index (χ2n) is 6.73. The van der Waals surface area contributed by atoms with Crippen molar-refractivity contribution in [3.8, 4) is 5.88 Å². The van der Waals surface area contributed by atoms with E-state index in [4.69, 9.17) is 14.2 Å². The molecule has 0 saturated carbocycles. The first-order valence-electron chi connectivity index (χ1n) is 9.33. The fourth-order valence-electron chi connectivity index (χ4n) is 3.40. The molecule has 1 atom stereocenters. The third-order valence-electron chi connectivity index (χ3n) is 4.80. The van der Waals surface area contributed by atoms with Crippen LogP contribution in [0.4, 0.5) is 5.69 Å². The van der Waals surface area contributed by atoms with E-state index in [9.17, 15) is 0 Å². The molecular weight excluding hydrogens is 356 g/mol. The number of anilines is 1. The van der Waals surface area contributed by atoms with Crippen molar-refractivity contribution in [3.05, 3.63) is 60.0 Å². The van der Waals surface area contributed by atoms with Gasteiger partial charge in [0.05, 0.1) is 26.4 Å². The summed E-state index contributed by atoms with van der Waals surface area (Å²) in [5.41, 5.74) is 3.00. The topological polar surface area (TPSA) is 77.9 Å². The minimum absolute atomic E-state index is 0.0558. The van der Waals surface area contributed by atoms with Crippen LogP contribution in [-0.4, -0.2) is 48.3 Å². The third kappa shape index (κ3) is 3.42. The van der Waals surface area contributed by atoms with E-state index in [1.54, 1.807) is 12.4 Å². The molecule has 0 bridgehead atoms. The molecule has 5 rings (SSSR count). The number of ether oxygens (including phenoxy) is 3. The highest BCUT2D eigenvalue weighted by Crippen LogP contribution is 2.27. The summed E-state index contributed by atoms with van der Waals surface area (Å²) in [5.74, 6) is 1.40. The molecule has 1 aromatic carbocycles. The van der Waals surface area contributed by atoms with E-state index in [0.29, 0.717) is 38.9 Å². The van der Waals surface area contributed by atoms with Crippen molar-refractivity contribution >= 4 is 22.3 Å². The lowest BCUT2D eigenvalue weighted by atomic mass is 10.1. The molecule has 0 aliphatic carbocycles. The molecule has 1 fully saturated rings. The SMILES string of the molecule is c1cnc2c(c1)CN=C2Nc1ccc2c(OCC3COCCO3)nccc2c1. The quantitative estimate of drug-likeness (QED) is 0.754. The summed E-state index contributed by atoms with van der Waals surface area (Å²) in [6.45, 7) is 2.88. The predicted octanol–water partition coefficient (Wildman–Crippen LogP) is 2.80. The Bertz CT molecular complexity index is 1030. The van der Waals surface area contributed by atoms with Gasteiger partial charge < -0.3 is 19.5 Å². The van der Waals surface area contributed by atoms with Crippen molar-refractivity contribution in [1.82, 2.24) is 9.97 Å². The van der Waals surface area contributed by atoms with E-state index in [-0.39, 0.29) is 6.10 Å². The lowest BCUT2D eigenvalue weighted by molar-refractivity contribution is -0.101. The first kappa shape index (κ1) is 17.1. The van der Waals surface area contributed by atoms with Crippen LogP contribution in [0.3, 0.4) is 0 Å². The van der Waals surface area contributed by atoms with Crippen LogP contribution in [0, 0.1) is 0 Å². The van der Waals surface area contributed by atoms with Gasteiger partial charge in [-0.05, 0) is 35.7 Å². The van der Waals surface area contributed by atoms with Gasteiger partial charge in [0.1, 0.15) is 18.4 Å². The van der Waals surface area contributed by atoms with Crippen LogP contribution in [0.1, 0.15) is 11.3 Å². The number of nitrogens with zero attached hydrogens (tertiary/aromatic N) is 3. The summed E-state index contributed by atoms with van der Waals surface area (Å²) in [6, 6.07) is 12.0. The summed E-state index contributed by atoms with van der Waals surface area (Å²) in [4.78, 5) is 13.4. The summed E-state index contributed by atoms with van der Waals surface area (Å²) in [6.07, 6.45) is 3.49. The normalized spacial score (nSPS) is 18.6. The molecule has 28 heavy (non-hydrogen) atoms. The van der Waals surface area contributed by atoms with Crippen molar-refractivity contribution in [2.45, 2.75) is 12.6 Å². The van der Waals surface area contributed by atoms with E-state index in [0.717, 1.165) is 33.6 Å². The molecule has 3 aromatic rings. The van der Waals surface area contributed by atoms with Crippen LogP contribution >= 0.6 is 0 Å². The van der Waals surface area contributed by atoms with Crippen LogP contribution in [0.2, 0.25) is 0 Å². The Kier molecular flexibility index (Phi) is 4.60. The van der Waals surface area contributed by atoms with Crippen molar-refractivity contribution in [2.24, 2.45) is 4.99 Å². The van der Waals surface area contributed by atoms with Gasteiger partial charge in [0.25, 0.3) is 0 Å². The average Bonchev–Trinajstić information content (AvgIpc) is 3.16. The molecule has 1 saturated heterocycles. The van der Waals surface area contributed by atoms with E-state index in [1.807, 2.05) is 24.3 Å². The Morgan fingerprint density at radius 1 is 1.11 bits per heavy atom. The van der Waals surface area contributed by atoms with Gasteiger partial charge in [-0.25, -0.2) is 4.98 Å². The Morgan fingerprint density at radius 3 is 3.04 bits per heavy atom. The molecule has 1 unspecified atom stereocenters. The molecule has 142 valence electrons. The van der Waals surface area contributed by atoms with Gasteiger partial charge >= 0.3 is 0 Å². The van der Waals surface area contributed by atoms with Gasteiger partial charge in [-0.1, -0.05) is 6.07 Å². The minimum Gasteiger partial charge on any atom is -0.474 e. The van der Waals surface area contributed by atoms with Gasteiger partial charge in [0.15, 0.2) is 5.84 Å². The monoisotopic (exact) mass is 376 g/mol. The van der Waals surface area contributed by atoms with E-state index in [2.05, 4.69) is 32.4 Å². The number of aromatic nitrogens is 2. The van der Waals surface area contributed by atoms with Crippen molar-refractivity contribution in [3.63, 3.8) is 0 Å².